The molecular weight excluding hydrogens is 168 g/mol. The van der Waals surface area contributed by atoms with Crippen LogP contribution < -0.4 is 5.73 Å². The second-order valence-electron chi connectivity index (χ2n) is 3.58. The van der Waals surface area contributed by atoms with Gasteiger partial charge in [-0.15, -0.1) is 0 Å². The van der Waals surface area contributed by atoms with Crippen molar-refractivity contribution in [3.8, 4) is 0 Å². The maximum atomic E-state index is 9.12. The maximum Gasteiger partial charge on any atom is 0.0615 e. The Morgan fingerprint density at radius 1 is 1.46 bits per heavy atom. The van der Waals surface area contributed by atoms with E-state index >= 15 is 0 Å². The van der Waals surface area contributed by atoms with E-state index < -0.39 is 0 Å². The molecule has 0 aliphatic rings. The standard InChI is InChI=1S/C9H22N2O2/c1-7(6-13-4)11(3)9(5-12)8(2)10/h7-9,12H,5-6,10H2,1-4H3. The van der Waals surface area contributed by atoms with Crippen molar-refractivity contribution in [2.45, 2.75) is 32.0 Å². The zero-order valence-electron chi connectivity index (χ0n) is 9.03. The highest BCUT2D eigenvalue weighted by molar-refractivity contribution is 4.79. The molecule has 0 radical (unpaired) electrons. The minimum atomic E-state index is -0.0330. The minimum absolute atomic E-state index is 0.00477. The van der Waals surface area contributed by atoms with Crippen LogP contribution in [0.2, 0.25) is 0 Å². The Hall–Kier alpha value is -0.160. The minimum Gasteiger partial charge on any atom is -0.395 e. The van der Waals surface area contributed by atoms with Crippen LogP contribution in [-0.2, 0) is 4.74 Å². The van der Waals surface area contributed by atoms with E-state index in [1.54, 1.807) is 7.11 Å². The summed E-state index contributed by atoms with van der Waals surface area (Å²) in [7, 11) is 3.62. The van der Waals surface area contributed by atoms with E-state index in [0.29, 0.717) is 6.61 Å². The fraction of sp³-hybridized carbons (Fsp3) is 1.00. The molecule has 3 N–H and O–H groups in total. The van der Waals surface area contributed by atoms with Crippen molar-refractivity contribution in [3.05, 3.63) is 0 Å². The van der Waals surface area contributed by atoms with Gasteiger partial charge in [0.25, 0.3) is 0 Å². The van der Waals surface area contributed by atoms with Gasteiger partial charge in [0.05, 0.1) is 13.2 Å². The Morgan fingerprint density at radius 2 is 2.00 bits per heavy atom. The van der Waals surface area contributed by atoms with E-state index in [2.05, 4.69) is 6.92 Å². The zero-order chi connectivity index (χ0) is 10.4. The molecule has 0 rings (SSSR count). The molecule has 0 aliphatic heterocycles. The highest BCUT2D eigenvalue weighted by Gasteiger charge is 2.21. The third-order valence-corrected chi connectivity index (χ3v) is 2.42. The van der Waals surface area contributed by atoms with Crippen LogP contribution in [-0.4, -0.2) is 55.5 Å². The molecule has 0 aliphatic carbocycles. The van der Waals surface area contributed by atoms with E-state index in [0.717, 1.165) is 0 Å². The van der Waals surface area contributed by atoms with Gasteiger partial charge in [0.2, 0.25) is 0 Å². The lowest BCUT2D eigenvalue weighted by atomic mass is 10.1. The number of nitrogens with two attached hydrogens (primary N) is 1. The Bertz CT molecular complexity index is 131. The molecule has 0 saturated carbocycles. The predicted octanol–water partition coefficient (Wildman–Crippen LogP) is -0.339. The summed E-state index contributed by atoms with van der Waals surface area (Å²) in [4.78, 5) is 2.05. The molecule has 13 heavy (non-hydrogen) atoms. The third-order valence-electron chi connectivity index (χ3n) is 2.42. The highest BCUT2D eigenvalue weighted by atomic mass is 16.5. The number of rotatable bonds is 6. The van der Waals surface area contributed by atoms with Gasteiger partial charge < -0.3 is 15.6 Å². The molecular formula is C9H22N2O2. The van der Waals surface area contributed by atoms with E-state index in [1.807, 2.05) is 18.9 Å². The summed E-state index contributed by atoms with van der Waals surface area (Å²) in [6.45, 7) is 4.69. The first kappa shape index (κ1) is 12.8. The molecule has 0 saturated heterocycles. The van der Waals surface area contributed by atoms with Crippen LogP contribution in [0.15, 0.2) is 0 Å². The molecule has 4 nitrogen and oxygen atoms in total. The molecule has 80 valence electrons. The molecule has 0 aromatic heterocycles. The predicted molar refractivity (Wildman–Crippen MR) is 53.6 cm³/mol. The molecule has 0 heterocycles. The summed E-state index contributed by atoms with van der Waals surface area (Å²) in [5.41, 5.74) is 5.74. The normalized spacial score (nSPS) is 18.7. The summed E-state index contributed by atoms with van der Waals surface area (Å²) in [6.07, 6.45) is 0. The van der Waals surface area contributed by atoms with E-state index in [9.17, 15) is 0 Å². The lowest BCUT2D eigenvalue weighted by Gasteiger charge is -2.33. The van der Waals surface area contributed by atoms with Crippen LogP contribution in [0.3, 0.4) is 0 Å². The average Bonchev–Trinajstić information content (AvgIpc) is 2.05. The van der Waals surface area contributed by atoms with Crippen LogP contribution in [0.5, 0.6) is 0 Å². The monoisotopic (exact) mass is 190 g/mol. The molecule has 0 aromatic rings. The lowest BCUT2D eigenvalue weighted by Crippen LogP contribution is -2.51. The number of nitrogens with zero attached hydrogens (tertiary/aromatic N) is 1. The Balaban J connectivity index is 4.10. The van der Waals surface area contributed by atoms with E-state index in [1.165, 1.54) is 0 Å². The second-order valence-corrected chi connectivity index (χ2v) is 3.58. The van der Waals surface area contributed by atoms with Crippen LogP contribution in [0.1, 0.15) is 13.8 Å². The Morgan fingerprint density at radius 3 is 2.31 bits per heavy atom. The van der Waals surface area contributed by atoms with Gasteiger partial charge in [-0.05, 0) is 20.9 Å². The molecule has 4 heteroatoms. The third kappa shape index (κ3) is 4.04. The Labute approximate surface area is 80.7 Å². The first-order valence-corrected chi connectivity index (χ1v) is 4.61. The summed E-state index contributed by atoms with van der Waals surface area (Å²) in [5.74, 6) is 0. The molecule has 0 amide bonds. The number of methoxy groups -OCH3 is 1. The fourth-order valence-corrected chi connectivity index (χ4v) is 1.35. The van der Waals surface area contributed by atoms with E-state index in [4.69, 9.17) is 15.6 Å². The van der Waals surface area contributed by atoms with Gasteiger partial charge >= 0.3 is 0 Å². The number of hydrogen-bond donors (Lipinski definition) is 2. The van der Waals surface area contributed by atoms with Gasteiger partial charge in [-0.2, -0.15) is 0 Å². The largest absolute Gasteiger partial charge is 0.395 e. The molecule has 0 aromatic carbocycles. The maximum absolute atomic E-state index is 9.12. The second kappa shape index (κ2) is 6.32. The van der Waals surface area contributed by atoms with Gasteiger partial charge in [0, 0.05) is 25.2 Å². The van der Waals surface area contributed by atoms with Crippen molar-refractivity contribution in [3.63, 3.8) is 0 Å². The molecule has 0 fully saturated rings. The van der Waals surface area contributed by atoms with Crippen molar-refractivity contribution in [1.82, 2.24) is 4.90 Å². The lowest BCUT2D eigenvalue weighted by molar-refractivity contribution is 0.0560. The van der Waals surface area contributed by atoms with Crippen molar-refractivity contribution in [2.24, 2.45) is 5.73 Å². The molecule has 0 bridgehead atoms. The SMILES string of the molecule is COCC(C)N(C)C(CO)C(C)N. The van der Waals surface area contributed by atoms with Crippen molar-refractivity contribution < 1.29 is 9.84 Å². The number of ether oxygens (including phenoxy) is 1. The zero-order valence-corrected chi connectivity index (χ0v) is 9.03. The van der Waals surface area contributed by atoms with Gasteiger partial charge in [0.15, 0.2) is 0 Å². The summed E-state index contributed by atoms with van der Waals surface area (Å²) < 4.78 is 5.04. The van der Waals surface area contributed by atoms with Gasteiger partial charge in [-0.25, -0.2) is 0 Å². The topological polar surface area (TPSA) is 58.7 Å². The number of aliphatic hydroxyl groups excluding tert-OH is 1. The van der Waals surface area contributed by atoms with Crippen molar-refractivity contribution in [2.75, 3.05) is 27.4 Å². The van der Waals surface area contributed by atoms with E-state index in [-0.39, 0.29) is 24.7 Å². The summed E-state index contributed by atoms with van der Waals surface area (Å²) in [6, 6.07) is 0.243. The Kier molecular flexibility index (Phi) is 6.24. The number of aliphatic hydroxyl groups is 1. The van der Waals surface area contributed by atoms with Gasteiger partial charge in [0.1, 0.15) is 0 Å². The van der Waals surface area contributed by atoms with Gasteiger partial charge in [-0.1, -0.05) is 0 Å². The fourth-order valence-electron chi connectivity index (χ4n) is 1.35. The molecule has 3 atom stereocenters. The van der Waals surface area contributed by atoms with Crippen LogP contribution in [0.4, 0.5) is 0 Å². The van der Waals surface area contributed by atoms with Crippen molar-refractivity contribution in [1.29, 1.82) is 0 Å². The van der Waals surface area contributed by atoms with Gasteiger partial charge in [-0.3, -0.25) is 4.90 Å². The van der Waals surface area contributed by atoms with Crippen LogP contribution >= 0.6 is 0 Å². The summed E-state index contributed by atoms with van der Waals surface area (Å²) in [5, 5.41) is 9.12. The molecule has 0 spiro atoms. The van der Waals surface area contributed by atoms with Crippen LogP contribution in [0, 0.1) is 0 Å². The summed E-state index contributed by atoms with van der Waals surface area (Å²) >= 11 is 0. The average molecular weight is 190 g/mol. The highest BCUT2D eigenvalue weighted by Crippen LogP contribution is 2.05. The number of hydrogen-bond acceptors (Lipinski definition) is 4. The quantitative estimate of drug-likeness (QED) is 0.601. The van der Waals surface area contributed by atoms with Crippen LogP contribution in [0.25, 0.3) is 0 Å². The smallest absolute Gasteiger partial charge is 0.0615 e. The number of likely N-dealkylation sites (N-methyl/N-ethyl adjacent to an activating group) is 1. The first-order chi connectivity index (χ1) is 6.04. The van der Waals surface area contributed by atoms with Crippen molar-refractivity contribution >= 4 is 0 Å². The first-order valence-electron chi connectivity index (χ1n) is 4.61. The molecule has 3 unspecified atom stereocenters.